The lowest BCUT2D eigenvalue weighted by molar-refractivity contribution is -0.250. The standard InChI is InChI=1S/C57H76N4O9S/c1-4-6-7-8-9-10-11-12-13-19-33-59-56(64)69-45-31-32-50-48(39-45)53-46(29-18-21-36-63)44(26-17-20-35-62)38-47-49(60-68-41-42-24-15-14-16-25-42)40-52(57(70-50,54(47)53)67-37-5-2)61(3)71(65,66)51-30-22-27-43-28-23-34-58-55(43)51/h5,14-16,22-25,27-28,30-32,34,38-39,44,46,52-54,62-63H,2,4,6-13,17-21,26,29,33,35-37,40-41H2,1,3H3,(H,59,64)/t44-,46+,52-,53+,54+,57+/m0/s1. The first-order chi connectivity index (χ1) is 34.7. The summed E-state index contributed by atoms with van der Waals surface area (Å²) in [4.78, 5) is 24.2. The van der Waals surface area contributed by atoms with Crippen LogP contribution in [0.3, 0.4) is 0 Å². The smallest absolute Gasteiger partial charge is 0.412 e. The molecular formula is C57H76N4O9S. The third-order valence-electron chi connectivity index (χ3n) is 14.6. The Morgan fingerprint density at radius 3 is 2.35 bits per heavy atom. The van der Waals surface area contributed by atoms with Crippen molar-refractivity contribution in [3.8, 4) is 11.5 Å². The molecular weight excluding hydrogens is 917 g/mol. The number of allylic oxidation sites excluding steroid dienone is 1. The molecule has 0 unspecified atom stereocenters. The van der Waals surface area contributed by atoms with Crippen molar-refractivity contribution in [2.75, 3.05) is 33.4 Å². The first-order valence-electron chi connectivity index (χ1n) is 26.2. The van der Waals surface area contributed by atoms with Crippen molar-refractivity contribution in [1.82, 2.24) is 14.6 Å². The van der Waals surface area contributed by atoms with Gasteiger partial charge in [-0.05, 0) is 85.4 Å². The van der Waals surface area contributed by atoms with Crippen LogP contribution in [0.15, 0.2) is 119 Å². The summed E-state index contributed by atoms with van der Waals surface area (Å²) < 4.78 is 52.3. The van der Waals surface area contributed by atoms with Crippen LogP contribution in [0, 0.1) is 17.8 Å². The van der Waals surface area contributed by atoms with E-state index in [4.69, 9.17) is 24.2 Å². The first kappa shape index (κ1) is 53.7. The number of unbranched alkanes of at least 4 members (excludes halogenated alkanes) is 11. The van der Waals surface area contributed by atoms with E-state index in [2.05, 4.69) is 29.9 Å². The Balaban J connectivity index is 1.29. The van der Waals surface area contributed by atoms with E-state index in [1.54, 1.807) is 49.7 Å². The zero-order valence-electron chi connectivity index (χ0n) is 41.9. The van der Waals surface area contributed by atoms with Crippen molar-refractivity contribution in [3.63, 3.8) is 0 Å². The van der Waals surface area contributed by atoms with Crippen LogP contribution in [-0.2, 0) is 26.2 Å². The van der Waals surface area contributed by atoms with E-state index in [0.717, 1.165) is 55.2 Å². The number of hydrogen-bond acceptors (Lipinski definition) is 11. The minimum absolute atomic E-state index is 0.0208. The number of benzene rings is 3. The summed E-state index contributed by atoms with van der Waals surface area (Å²) in [6.07, 6.45) is 21.2. The summed E-state index contributed by atoms with van der Waals surface area (Å²) in [7, 11) is -2.74. The zero-order valence-corrected chi connectivity index (χ0v) is 42.7. The topological polar surface area (TPSA) is 169 Å². The van der Waals surface area contributed by atoms with E-state index in [9.17, 15) is 15.0 Å². The molecule has 1 aliphatic heterocycles. The molecule has 3 aromatic carbocycles. The number of sulfonamides is 1. The number of carbonyl (C=O) groups excluding carboxylic acids is 1. The number of fused-ring (bicyclic) bond motifs is 3. The molecule has 3 aliphatic rings. The van der Waals surface area contributed by atoms with Gasteiger partial charge in [0.05, 0.1) is 29.8 Å². The molecule has 2 heterocycles. The largest absolute Gasteiger partial charge is 0.460 e. The highest BCUT2D eigenvalue weighted by molar-refractivity contribution is 7.89. The van der Waals surface area contributed by atoms with Gasteiger partial charge in [0.25, 0.3) is 0 Å². The lowest BCUT2D eigenvalue weighted by Gasteiger charge is -2.59. The highest BCUT2D eigenvalue weighted by Crippen LogP contribution is 2.62. The molecule has 1 saturated carbocycles. The van der Waals surface area contributed by atoms with Gasteiger partial charge in [0.2, 0.25) is 15.8 Å². The number of pyridine rings is 1. The molecule has 3 N–H and O–H groups in total. The average Bonchev–Trinajstić information content (AvgIpc) is 3.38. The SMILES string of the molecule is C=CCO[C@@]12Oc3ccc(OC(=O)NCCCCCCCCCCCC)cc3[C@H]3[C@H](CCCCO)[C@@H](CCCCO)C=C(C(=NOCc4ccccc4)C[C@@H]1N(C)S(=O)(=O)c1cccc4cccnc14)[C@H]32. The zero-order chi connectivity index (χ0) is 50.1. The quantitative estimate of drug-likeness (QED) is 0.0270. The molecule has 0 radical (unpaired) electrons. The van der Waals surface area contributed by atoms with Crippen LogP contribution in [0.2, 0.25) is 0 Å². The molecule has 1 amide bonds. The predicted octanol–water partition coefficient (Wildman–Crippen LogP) is 11.4. The Bertz CT molecular complexity index is 2510. The molecule has 71 heavy (non-hydrogen) atoms. The summed E-state index contributed by atoms with van der Waals surface area (Å²) in [6.45, 7) is 7.10. The van der Waals surface area contributed by atoms with Gasteiger partial charge >= 0.3 is 6.09 Å². The van der Waals surface area contributed by atoms with Crippen molar-refractivity contribution in [3.05, 3.63) is 120 Å². The molecule has 1 aromatic heterocycles. The molecule has 13 nitrogen and oxygen atoms in total. The number of aliphatic hydroxyl groups is 2. The monoisotopic (exact) mass is 993 g/mol. The van der Waals surface area contributed by atoms with E-state index in [0.29, 0.717) is 53.9 Å². The fourth-order valence-corrected chi connectivity index (χ4v) is 12.6. The highest BCUT2D eigenvalue weighted by Gasteiger charge is 2.66. The van der Waals surface area contributed by atoms with Gasteiger partial charge in [-0.3, -0.25) is 4.98 Å². The number of aliphatic hydroxyl groups excluding tert-OH is 2. The molecule has 6 atom stereocenters. The molecule has 14 heteroatoms. The molecule has 1 fully saturated rings. The summed E-state index contributed by atoms with van der Waals surface area (Å²) in [5.41, 5.74) is 3.48. The maximum absolute atomic E-state index is 15.3. The second-order valence-electron chi connectivity index (χ2n) is 19.4. The summed E-state index contributed by atoms with van der Waals surface area (Å²) in [6, 6.07) is 22.9. The van der Waals surface area contributed by atoms with Crippen molar-refractivity contribution in [2.24, 2.45) is 22.9 Å². The number of nitrogens with zero attached hydrogens (tertiary/aromatic N) is 3. The first-order valence-corrected chi connectivity index (χ1v) is 27.6. The summed E-state index contributed by atoms with van der Waals surface area (Å²) >= 11 is 0. The Kier molecular flexibility index (Phi) is 20.1. The average molecular weight is 993 g/mol. The van der Waals surface area contributed by atoms with E-state index < -0.39 is 33.9 Å². The van der Waals surface area contributed by atoms with Gasteiger partial charge in [-0.2, -0.15) is 4.31 Å². The minimum Gasteiger partial charge on any atom is -0.460 e. The Hall–Kier alpha value is -5.12. The van der Waals surface area contributed by atoms with E-state index >= 15 is 8.42 Å². The maximum atomic E-state index is 15.3. The number of hydrogen-bond donors (Lipinski definition) is 3. The van der Waals surface area contributed by atoms with Crippen LogP contribution in [-0.4, -0.2) is 85.0 Å². The van der Waals surface area contributed by atoms with Crippen LogP contribution in [0.25, 0.3) is 10.9 Å². The van der Waals surface area contributed by atoms with Crippen LogP contribution >= 0.6 is 0 Å². The number of rotatable bonds is 29. The molecule has 4 aromatic rings. The molecule has 0 saturated heterocycles. The third kappa shape index (κ3) is 13.1. The van der Waals surface area contributed by atoms with E-state index in [1.165, 1.54) is 49.3 Å². The minimum atomic E-state index is -4.31. The normalized spacial score (nSPS) is 22.1. The maximum Gasteiger partial charge on any atom is 0.412 e. The second-order valence-corrected chi connectivity index (χ2v) is 21.3. The lowest BCUT2D eigenvalue weighted by Crippen LogP contribution is -2.69. The number of aromatic nitrogens is 1. The number of nitrogens with one attached hydrogen (secondary N) is 1. The third-order valence-corrected chi connectivity index (χ3v) is 16.5. The van der Waals surface area contributed by atoms with Gasteiger partial charge in [0.1, 0.15) is 23.0 Å². The van der Waals surface area contributed by atoms with Crippen LogP contribution in [0.5, 0.6) is 11.5 Å². The lowest BCUT2D eigenvalue weighted by atomic mass is 9.55. The molecule has 384 valence electrons. The number of likely N-dealkylation sites (N-methyl/N-ethyl adjacent to an activating group) is 1. The van der Waals surface area contributed by atoms with Crippen LogP contribution in [0.1, 0.15) is 133 Å². The number of oxime groups is 1. The van der Waals surface area contributed by atoms with Gasteiger partial charge < -0.3 is 34.6 Å². The number of ether oxygens (including phenoxy) is 3. The van der Waals surface area contributed by atoms with E-state index in [1.807, 2.05) is 48.5 Å². The van der Waals surface area contributed by atoms with Crippen LogP contribution in [0.4, 0.5) is 4.79 Å². The van der Waals surface area contributed by atoms with Gasteiger partial charge in [-0.15, -0.1) is 6.58 Å². The summed E-state index contributed by atoms with van der Waals surface area (Å²) in [5, 5.41) is 28.5. The van der Waals surface area contributed by atoms with Gasteiger partial charge in [-0.1, -0.05) is 143 Å². The Morgan fingerprint density at radius 2 is 1.62 bits per heavy atom. The van der Waals surface area contributed by atoms with Gasteiger partial charge in [-0.25, -0.2) is 13.2 Å². The fraction of sp³-hybridized carbons (Fsp3) is 0.526. The van der Waals surface area contributed by atoms with Crippen molar-refractivity contribution < 1.29 is 42.5 Å². The van der Waals surface area contributed by atoms with Crippen molar-refractivity contribution in [2.45, 2.75) is 145 Å². The predicted molar refractivity (Wildman–Crippen MR) is 279 cm³/mol. The molecule has 2 aliphatic carbocycles. The van der Waals surface area contributed by atoms with E-state index in [-0.39, 0.29) is 55.5 Å². The van der Waals surface area contributed by atoms with Crippen molar-refractivity contribution in [1.29, 1.82) is 0 Å². The summed E-state index contributed by atoms with van der Waals surface area (Å²) in [5.74, 6) is -1.91. The number of para-hydroxylation sites is 1. The fourth-order valence-electron chi connectivity index (χ4n) is 11.1. The molecule has 0 spiro atoms. The van der Waals surface area contributed by atoms with Gasteiger partial charge in [0.15, 0.2) is 0 Å². The van der Waals surface area contributed by atoms with Crippen molar-refractivity contribution >= 4 is 32.7 Å². The molecule has 0 bridgehead atoms. The Morgan fingerprint density at radius 1 is 0.901 bits per heavy atom. The number of carbonyl (C=O) groups is 1. The molecule has 7 rings (SSSR count). The Labute approximate surface area is 421 Å². The van der Waals surface area contributed by atoms with Gasteiger partial charge in [0, 0.05) is 56.3 Å². The second kappa shape index (κ2) is 26.5. The van der Waals surface area contributed by atoms with Crippen LogP contribution < -0.4 is 14.8 Å². The number of amides is 1. The highest BCUT2D eigenvalue weighted by atomic mass is 32.2.